The van der Waals surface area contributed by atoms with E-state index in [0.717, 1.165) is 16.9 Å². The first kappa shape index (κ1) is 19.1. The third-order valence-electron chi connectivity index (χ3n) is 3.40. The molecule has 116 valence electrons. The molecule has 0 heterocycles. The first-order valence-corrected chi connectivity index (χ1v) is 27.4. The van der Waals surface area contributed by atoms with Crippen LogP contribution in [0.4, 0.5) is 0 Å². The van der Waals surface area contributed by atoms with Gasteiger partial charge in [-0.15, -0.1) is 0 Å². The minimum atomic E-state index is -2.15. The molecule has 4 heteroatoms. The van der Waals surface area contributed by atoms with E-state index in [1.807, 2.05) is 19.1 Å². The Morgan fingerprint density at radius 2 is 1.57 bits per heavy atom. The van der Waals surface area contributed by atoms with Gasteiger partial charge in [-0.3, -0.25) is 0 Å². The van der Waals surface area contributed by atoms with Crippen molar-refractivity contribution in [1.29, 1.82) is 0 Å². The molecular weight excluding hydrogens is 474 g/mol. The van der Waals surface area contributed by atoms with E-state index in [4.69, 9.17) is 4.74 Å². The summed E-state index contributed by atoms with van der Waals surface area (Å²) in [6, 6.07) is 6.11. The Labute approximate surface area is 137 Å². The molecule has 0 saturated heterocycles. The van der Waals surface area contributed by atoms with Crippen LogP contribution in [0, 0.1) is 6.92 Å². The molecule has 21 heavy (non-hydrogen) atoms. The monoisotopic (exact) mass is 504 g/mol. The summed E-state index contributed by atoms with van der Waals surface area (Å²) in [5.74, 6) is 0.479. The summed E-state index contributed by atoms with van der Waals surface area (Å²) >= 11 is -4.29. The molecule has 1 aromatic carbocycles. The number of aryl methyl sites for hydroxylation is 1. The van der Waals surface area contributed by atoms with Crippen molar-refractivity contribution in [3.05, 3.63) is 30.9 Å². The topological polar surface area (TPSA) is 26.3 Å². The number of hydrogen-bond donors (Lipinski definition) is 0. The molecule has 0 aliphatic carbocycles. The van der Waals surface area contributed by atoms with Crippen LogP contribution in [-0.2, 0) is 4.79 Å². The van der Waals surface area contributed by atoms with Crippen LogP contribution in [0.5, 0.6) is 5.75 Å². The molecule has 0 aliphatic rings. The molecule has 0 amide bonds. The number of ether oxygens (including phenoxy) is 1. The van der Waals surface area contributed by atoms with E-state index in [-0.39, 0.29) is 5.97 Å². The molecule has 2 nitrogen and oxygen atoms in total. The summed E-state index contributed by atoms with van der Waals surface area (Å²) in [5, 5.41) is 0. The van der Waals surface area contributed by atoms with E-state index in [1.54, 1.807) is 1.60 Å². The Kier molecular flexibility index (Phi) is 6.42. The van der Waals surface area contributed by atoms with E-state index in [1.165, 1.54) is 6.92 Å². The summed E-state index contributed by atoms with van der Waals surface area (Å²) in [6.45, 7) is 3.46. The van der Waals surface area contributed by atoms with Gasteiger partial charge in [0.05, 0.1) is 0 Å². The number of carbonyl (C=O) groups is 1. The van der Waals surface area contributed by atoms with Crippen LogP contribution in [0.1, 0.15) is 18.1 Å². The molecule has 0 atom stereocenters. The number of esters is 1. The van der Waals surface area contributed by atoms with Crippen molar-refractivity contribution >= 4 is 48.8 Å². The van der Waals surface area contributed by atoms with E-state index < -0.39 is 36.8 Å². The van der Waals surface area contributed by atoms with Gasteiger partial charge in [0.15, 0.2) is 0 Å². The molecule has 1 rings (SSSR count). The quantitative estimate of drug-likeness (QED) is 0.328. The SMILES string of the molecule is CC(=O)Oc1c(C)cccc1C=[C]([Sn]([CH3])([CH3])[CH3])[Sn]([CH3])([CH3])[CH3]. The van der Waals surface area contributed by atoms with E-state index >= 15 is 0 Å². The molecule has 0 radical (unpaired) electrons. The average molecular weight is 502 g/mol. The third kappa shape index (κ3) is 5.62. The zero-order chi connectivity index (χ0) is 16.4. The number of benzene rings is 1. The van der Waals surface area contributed by atoms with Crippen molar-refractivity contribution in [1.82, 2.24) is 0 Å². The second kappa shape index (κ2) is 7.07. The summed E-state index contributed by atoms with van der Waals surface area (Å²) in [5.41, 5.74) is 2.09. The Bertz CT molecular complexity index is 545. The molecule has 0 bridgehead atoms. The van der Waals surface area contributed by atoms with E-state index in [0.29, 0.717) is 0 Å². The Morgan fingerprint density at radius 3 is 2.00 bits per heavy atom. The minimum absolute atomic E-state index is 0.251. The van der Waals surface area contributed by atoms with Gasteiger partial charge in [0.2, 0.25) is 0 Å². The Balaban J connectivity index is 3.48. The summed E-state index contributed by atoms with van der Waals surface area (Å²) in [7, 11) is 0. The molecule has 0 N–H and O–H groups in total. The second-order valence-electron chi connectivity index (χ2n) is 7.64. The van der Waals surface area contributed by atoms with Gasteiger partial charge in [-0.05, 0) is 0 Å². The first-order valence-electron chi connectivity index (χ1n) is 7.43. The van der Waals surface area contributed by atoms with Crippen molar-refractivity contribution < 1.29 is 9.53 Å². The van der Waals surface area contributed by atoms with Crippen LogP contribution in [0.2, 0.25) is 29.6 Å². The first-order chi connectivity index (χ1) is 9.43. The fourth-order valence-corrected chi connectivity index (χ4v) is 55.6. The standard InChI is InChI=1S/C11H10O2.6CH3.2Sn/c1-4-10-7-5-6-8(2)11(10)13-9(3)12;;;;;;;;/h4-7H,2-3H3;6*1H3;;. The van der Waals surface area contributed by atoms with Gasteiger partial charge in [-0.1, -0.05) is 0 Å². The maximum atomic E-state index is 11.4. The molecule has 0 spiro atoms. The Morgan fingerprint density at radius 1 is 1.05 bits per heavy atom. The van der Waals surface area contributed by atoms with E-state index in [2.05, 4.69) is 41.8 Å². The van der Waals surface area contributed by atoms with Crippen molar-refractivity contribution in [2.75, 3.05) is 0 Å². The summed E-state index contributed by atoms with van der Waals surface area (Å²) in [4.78, 5) is 26.2. The molecule has 0 aromatic heterocycles. The second-order valence-corrected chi connectivity index (χ2v) is 40.5. The van der Waals surface area contributed by atoms with Gasteiger partial charge in [-0.25, -0.2) is 0 Å². The van der Waals surface area contributed by atoms with Crippen molar-refractivity contribution in [3.8, 4) is 5.75 Å². The predicted octanol–water partition coefficient (Wildman–Crippen LogP) is 5.06. The molecule has 0 unspecified atom stereocenters. The fourth-order valence-electron chi connectivity index (χ4n) is 2.79. The number of para-hydroxylation sites is 1. The van der Waals surface area contributed by atoms with Crippen LogP contribution in [-0.4, -0.2) is 42.7 Å². The van der Waals surface area contributed by atoms with Crippen molar-refractivity contribution in [3.63, 3.8) is 0 Å². The van der Waals surface area contributed by atoms with Gasteiger partial charge >= 0.3 is 138 Å². The number of carbonyl (C=O) groups excluding carboxylic acids is 1. The summed E-state index contributed by atoms with van der Waals surface area (Å²) < 4.78 is 7.21. The van der Waals surface area contributed by atoms with Gasteiger partial charge < -0.3 is 0 Å². The fraction of sp³-hybridized carbons (Fsp3) is 0.471. The maximum absolute atomic E-state index is 11.4. The molecule has 0 aliphatic heterocycles. The van der Waals surface area contributed by atoms with Gasteiger partial charge in [0.25, 0.3) is 0 Å². The van der Waals surface area contributed by atoms with Crippen LogP contribution < -0.4 is 4.74 Å². The van der Waals surface area contributed by atoms with Gasteiger partial charge in [-0.2, -0.15) is 0 Å². The molecule has 0 saturated carbocycles. The van der Waals surface area contributed by atoms with Crippen LogP contribution in [0.15, 0.2) is 19.8 Å². The van der Waals surface area contributed by atoms with Crippen LogP contribution in [0.25, 0.3) is 6.08 Å². The van der Waals surface area contributed by atoms with Crippen LogP contribution >= 0.6 is 0 Å². The van der Waals surface area contributed by atoms with Gasteiger partial charge in [0.1, 0.15) is 0 Å². The number of hydrogen-bond acceptors (Lipinski definition) is 2. The Hall–Kier alpha value is 0.0274. The zero-order valence-electron chi connectivity index (χ0n) is 14.6. The third-order valence-corrected chi connectivity index (χ3v) is 42.2. The van der Waals surface area contributed by atoms with Gasteiger partial charge in [0, 0.05) is 0 Å². The van der Waals surface area contributed by atoms with Crippen molar-refractivity contribution in [2.24, 2.45) is 0 Å². The molecule has 1 aromatic rings. The zero-order valence-corrected chi connectivity index (χ0v) is 20.3. The average Bonchev–Trinajstić information content (AvgIpc) is 2.26. The van der Waals surface area contributed by atoms with E-state index in [9.17, 15) is 4.79 Å². The van der Waals surface area contributed by atoms with Crippen LogP contribution in [0.3, 0.4) is 0 Å². The predicted molar refractivity (Wildman–Crippen MR) is 97.2 cm³/mol. The number of rotatable bonds is 4. The molecular formula is C17H28O2Sn2. The van der Waals surface area contributed by atoms with Crippen molar-refractivity contribution in [2.45, 2.75) is 43.5 Å². The normalized spacial score (nSPS) is 12.0. The molecule has 0 fully saturated rings. The summed E-state index contributed by atoms with van der Waals surface area (Å²) in [6.07, 6.45) is 2.36.